The lowest BCUT2D eigenvalue weighted by atomic mass is 10.1. The van der Waals surface area contributed by atoms with Crippen LogP contribution in [0.5, 0.6) is 5.75 Å². The Kier molecular flexibility index (Phi) is 7.84. The van der Waals surface area contributed by atoms with E-state index < -0.39 is 0 Å². The second-order valence-corrected chi connectivity index (χ2v) is 7.24. The Morgan fingerprint density at radius 1 is 1.07 bits per heavy atom. The molecule has 0 saturated carbocycles. The minimum Gasteiger partial charge on any atom is -0.495 e. The van der Waals surface area contributed by atoms with Gasteiger partial charge in [0.2, 0.25) is 11.8 Å². The van der Waals surface area contributed by atoms with Crippen molar-refractivity contribution < 1.29 is 14.3 Å². The quantitative estimate of drug-likeness (QED) is 0.735. The minimum atomic E-state index is -0.253. The van der Waals surface area contributed by atoms with E-state index in [0.717, 1.165) is 5.56 Å². The van der Waals surface area contributed by atoms with Gasteiger partial charge < -0.3 is 15.0 Å². The smallest absolute Gasteiger partial charge is 0.238 e. The van der Waals surface area contributed by atoms with Crippen LogP contribution in [0, 0.1) is 6.92 Å². The van der Waals surface area contributed by atoms with Crippen molar-refractivity contribution in [1.29, 1.82) is 0 Å². The Balaban J connectivity index is 1.85. The maximum atomic E-state index is 12.4. The Morgan fingerprint density at radius 3 is 2.39 bits per heavy atom. The number of hydrogen-bond donors (Lipinski definition) is 1. The zero-order valence-electron chi connectivity index (χ0n) is 16.7. The van der Waals surface area contributed by atoms with E-state index in [1.165, 1.54) is 12.7 Å². The maximum absolute atomic E-state index is 12.4. The van der Waals surface area contributed by atoms with Gasteiger partial charge in [-0.25, -0.2) is 0 Å². The van der Waals surface area contributed by atoms with Crippen molar-refractivity contribution in [3.8, 4) is 5.75 Å². The Morgan fingerprint density at radius 2 is 1.75 bits per heavy atom. The van der Waals surface area contributed by atoms with Crippen LogP contribution in [-0.4, -0.2) is 55.9 Å². The van der Waals surface area contributed by atoms with E-state index >= 15 is 0 Å². The molecule has 0 unspecified atom stereocenters. The fraction of sp³-hybridized carbons (Fsp3) is 0.333. The zero-order valence-corrected chi connectivity index (χ0v) is 17.4. The van der Waals surface area contributed by atoms with Crippen molar-refractivity contribution in [3.63, 3.8) is 0 Å². The molecule has 1 N–H and O–H groups in total. The first kappa shape index (κ1) is 21.7. The topological polar surface area (TPSA) is 61.9 Å². The average Bonchev–Trinajstić information content (AvgIpc) is 2.63. The molecule has 0 bridgehead atoms. The highest BCUT2D eigenvalue weighted by molar-refractivity contribution is 6.31. The summed E-state index contributed by atoms with van der Waals surface area (Å²) in [5.41, 5.74) is 2.74. The lowest BCUT2D eigenvalue weighted by Crippen LogP contribution is -2.39. The third-order valence-electron chi connectivity index (χ3n) is 4.22. The third kappa shape index (κ3) is 6.55. The largest absolute Gasteiger partial charge is 0.495 e. The molecule has 7 heteroatoms. The van der Waals surface area contributed by atoms with Crippen molar-refractivity contribution in [2.24, 2.45) is 0 Å². The molecule has 28 heavy (non-hydrogen) atoms. The fourth-order valence-corrected chi connectivity index (χ4v) is 2.85. The lowest BCUT2D eigenvalue weighted by Gasteiger charge is -2.22. The molecule has 0 heterocycles. The van der Waals surface area contributed by atoms with Crippen LogP contribution in [0.1, 0.15) is 11.1 Å². The number of ether oxygens (including phenoxy) is 1. The van der Waals surface area contributed by atoms with E-state index in [2.05, 4.69) is 5.32 Å². The number of carbonyl (C=O) groups is 2. The summed E-state index contributed by atoms with van der Waals surface area (Å²) >= 11 is 5.97. The van der Waals surface area contributed by atoms with Crippen LogP contribution >= 0.6 is 11.6 Å². The normalized spacial score (nSPS) is 10.6. The van der Waals surface area contributed by atoms with Crippen molar-refractivity contribution in [1.82, 2.24) is 9.80 Å². The molecule has 2 aromatic carbocycles. The predicted molar refractivity (Wildman–Crippen MR) is 112 cm³/mol. The molecule has 6 nitrogen and oxygen atoms in total. The number of anilines is 1. The Labute approximate surface area is 171 Å². The van der Waals surface area contributed by atoms with E-state index in [1.807, 2.05) is 31.2 Å². The van der Waals surface area contributed by atoms with Crippen LogP contribution in [0.25, 0.3) is 0 Å². The molecule has 0 radical (unpaired) electrons. The van der Waals surface area contributed by atoms with E-state index in [9.17, 15) is 9.59 Å². The number of rotatable bonds is 8. The fourth-order valence-electron chi connectivity index (χ4n) is 2.68. The number of halogens is 1. The summed E-state index contributed by atoms with van der Waals surface area (Å²) < 4.78 is 5.22. The SMILES string of the molecule is COc1ccc(Cl)cc1NC(=O)CN(C)CC(=O)N(C)Cc1ccc(C)cc1. The molecule has 0 aliphatic rings. The summed E-state index contributed by atoms with van der Waals surface area (Å²) in [6.07, 6.45) is 0. The van der Waals surface area contributed by atoms with Crippen molar-refractivity contribution in [3.05, 3.63) is 58.6 Å². The van der Waals surface area contributed by atoms with Gasteiger partial charge >= 0.3 is 0 Å². The Hall–Kier alpha value is -2.57. The minimum absolute atomic E-state index is 0.0591. The predicted octanol–water partition coefficient (Wildman–Crippen LogP) is 3.19. The summed E-state index contributed by atoms with van der Waals surface area (Å²) in [5, 5.41) is 3.26. The maximum Gasteiger partial charge on any atom is 0.238 e. The standard InChI is InChI=1S/C21H26ClN3O3/c1-15-5-7-16(8-6-15)12-25(3)21(27)14-24(2)13-20(26)23-18-11-17(22)9-10-19(18)28-4/h5-11H,12-14H2,1-4H3,(H,23,26). The highest BCUT2D eigenvalue weighted by atomic mass is 35.5. The molecule has 2 amide bonds. The van der Waals surface area contributed by atoms with E-state index in [4.69, 9.17) is 16.3 Å². The molecule has 0 atom stereocenters. The van der Waals surface area contributed by atoms with Crippen molar-refractivity contribution >= 4 is 29.1 Å². The summed E-state index contributed by atoms with van der Waals surface area (Å²) in [6, 6.07) is 13.1. The van der Waals surface area contributed by atoms with E-state index in [1.54, 1.807) is 42.1 Å². The average molecular weight is 404 g/mol. The molecule has 0 saturated heterocycles. The summed E-state index contributed by atoms with van der Waals surface area (Å²) in [7, 11) is 5.01. The van der Waals surface area contributed by atoms with Crippen molar-refractivity contribution in [2.75, 3.05) is 39.6 Å². The Bertz CT molecular complexity index is 824. The first-order valence-corrected chi connectivity index (χ1v) is 9.27. The van der Waals surface area contributed by atoms with Crippen LogP contribution < -0.4 is 10.1 Å². The molecular formula is C21H26ClN3O3. The van der Waals surface area contributed by atoms with Gasteiger partial charge in [-0.05, 0) is 37.7 Å². The van der Waals surface area contributed by atoms with Gasteiger partial charge in [0.05, 0.1) is 25.9 Å². The first-order chi connectivity index (χ1) is 13.3. The number of hydrogen-bond acceptors (Lipinski definition) is 4. The molecule has 150 valence electrons. The molecule has 2 aromatic rings. The summed E-state index contributed by atoms with van der Waals surface area (Å²) in [6.45, 7) is 2.76. The van der Waals surface area contributed by atoms with Gasteiger partial charge in [-0.1, -0.05) is 41.4 Å². The molecule has 0 spiro atoms. The van der Waals surface area contributed by atoms with Crippen LogP contribution in [0.2, 0.25) is 5.02 Å². The lowest BCUT2D eigenvalue weighted by molar-refractivity contribution is -0.131. The van der Waals surface area contributed by atoms with Crippen LogP contribution in [0.3, 0.4) is 0 Å². The third-order valence-corrected chi connectivity index (χ3v) is 4.46. The molecule has 0 aromatic heterocycles. The van der Waals surface area contributed by atoms with Gasteiger partial charge in [0.15, 0.2) is 0 Å². The molecule has 0 aliphatic carbocycles. The van der Waals surface area contributed by atoms with Crippen LogP contribution in [0.4, 0.5) is 5.69 Å². The van der Waals surface area contributed by atoms with Crippen molar-refractivity contribution in [2.45, 2.75) is 13.5 Å². The van der Waals surface area contributed by atoms with Gasteiger partial charge in [-0.2, -0.15) is 0 Å². The number of nitrogens with zero attached hydrogens (tertiary/aromatic N) is 2. The van der Waals surface area contributed by atoms with Gasteiger partial charge in [0.25, 0.3) is 0 Å². The van der Waals surface area contributed by atoms with Gasteiger partial charge in [0, 0.05) is 18.6 Å². The second-order valence-electron chi connectivity index (χ2n) is 6.80. The molecule has 0 aliphatic heterocycles. The highest BCUT2D eigenvalue weighted by Crippen LogP contribution is 2.27. The van der Waals surface area contributed by atoms with Crippen LogP contribution in [0.15, 0.2) is 42.5 Å². The molecular weight excluding hydrogens is 378 g/mol. The van der Waals surface area contributed by atoms with E-state index in [-0.39, 0.29) is 24.9 Å². The van der Waals surface area contributed by atoms with Gasteiger partial charge in [-0.15, -0.1) is 0 Å². The van der Waals surface area contributed by atoms with Gasteiger partial charge in [0.1, 0.15) is 5.75 Å². The number of nitrogens with one attached hydrogen (secondary N) is 1. The zero-order chi connectivity index (χ0) is 20.7. The number of methoxy groups -OCH3 is 1. The number of carbonyl (C=O) groups excluding carboxylic acids is 2. The van der Waals surface area contributed by atoms with Crippen LogP contribution in [-0.2, 0) is 16.1 Å². The highest BCUT2D eigenvalue weighted by Gasteiger charge is 2.15. The number of amides is 2. The van der Waals surface area contributed by atoms with E-state index in [0.29, 0.717) is 23.0 Å². The monoisotopic (exact) mass is 403 g/mol. The molecule has 2 rings (SSSR count). The first-order valence-electron chi connectivity index (χ1n) is 8.90. The summed E-state index contributed by atoms with van der Waals surface area (Å²) in [4.78, 5) is 28.0. The van der Waals surface area contributed by atoms with Gasteiger partial charge in [-0.3, -0.25) is 14.5 Å². The number of benzene rings is 2. The summed E-state index contributed by atoms with van der Waals surface area (Å²) in [5.74, 6) is 0.211. The number of aryl methyl sites for hydroxylation is 1. The second kappa shape index (κ2) is 10.1. The number of likely N-dealkylation sites (N-methyl/N-ethyl adjacent to an activating group) is 2. The molecule has 0 fully saturated rings.